The van der Waals surface area contributed by atoms with Gasteiger partial charge >= 0.3 is 0 Å². The monoisotopic (exact) mass is 360 g/mol. The standard InChI is InChI=1S/C22H24N4O/c1-16-2-4-17(5-3-16)6-7-18-10-23-22(24-11-18)25-12-19-8-9-20(13-25)26(19)21-14-27-15-21/h2-5,10-11,19-21H,8-9,12-15H2,1H3. The second kappa shape index (κ2) is 6.95. The Hall–Kier alpha value is -2.42. The second-order valence-corrected chi connectivity index (χ2v) is 7.82. The number of rotatable bonds is 2. The lowest BCUT2D eigenvalue weighted by Crippen LogP contribution is -2.62. The number of fused-ring (bicyclic) bond motifs is 2. The molecule has 5 heteroatoms. The van der Waals surface area contributed by atoms with E-state index in [9.17, 15) is 0 Å². The summed E-state index contributed by atoms with van der Waals surface area (Å²) in [6.45, 7) is 5.91. The number of anilines is 1. The summed E-state index contributed by atoms with van der Waals surface area (Å²) in [6.07, 6.45) is 6.24. The second-order valence-electron chi connectivity index (χ2n) is 7.82. The molecule has 5 rings (SSSR count). The highest BCUT2D eigenvalue weighted by Gasteiger charge is 2.45. The van der Waals surface area contributed by atoms with Crippen LogP contribution in [-0.2, 0) is 4.74 Å². The third-order valence-corrected chi connectivity index (χ3v) is 5.90. The van der Waals surface area contributed by atoms with Crippen LogP contribution in [0.25, 0.3) is 0 Å². The van der Waals surface area contributed by atoms with Crippen molar-refractivity contribution in [3.8, 4) is 11.8 Å². The van der Waals surface area contributed by atoms with E-state index in [4.69, 9.17) is 4.74 Å². The molecule has 0 aliphatic carbocycles. The smallest absolute Gasteiger partial charge is 0.225 e. The molecule has 0 saturated carbocycles. The minimum absolute atomic E-state index is 0.613. The normalized spacial score (nSPS) is 25.0. The third kappa shape index (κ3) is 3.31. The SMILES string of the molecule is Cc1ccc(C#Cc2cnc(N3CC4CCC(C3)N4C3COC3)nc2)cc1. The number of aromatic nitrogens is 2. The molecule has 0 spiro atoms. The first-order valence-electron chi connectivity index (χ1n) is 9.77. The Morgan fingerprint density at radius 3 is 2.11 bits per heavy atom. The molecule has 3 saturated heterocycles. The number of ether oxygens (including phenoxy) is 1. The predicted molar refractivity (Wildman–Crippen MR) is 105 cm³/mol. The Balaban J connectivity index is 1.27. The molecule has 2 unspecified atom stereocenters. The molecule has 3 aliphatic rings. The van der Waals surface area contributed by atoms with Crippen molar-refractivity contribution >= 4 is 5.95 Å². The predicted octanol–water partition coefficient (Wildman–Crippen LogP) is 2.24. The van der Waals surface area contributed by atoms with E-state index in [1.165, 1.54) is 18.4 Å². The molecule has 3 aliphatic heterocycles. The van der Waals surface area contributed by atoms with E-state index in [0.29, 0.717) is 18.1 Å². The van der Waals surface area contributed by atoms with Crippen molar-refractivity contribution in [2.45, 2.75) is 37.9 Å². The Bertz CT molecular complexity index is 850. The highest BCUT2D eigenvalue weighted by molar-refractivity contribution is 5.43. The number of piperazine rings is 1. The van der Waals surface area contributed by atoms with Crippen LogP contribution in [0.4, 0.5) is 5.95 Å². The van der Waals surface area contributed by atoms with Gasteiger partial charge in [-0.1, -0.05) is 29.5 Å². The summed E-state index contributed by atoms with van der Waals surface area (Å²) < 4.78 is 5.41. The molecule has 5 nitrogen and oxygen atoms in total. The van der Waals surface area contributed by atoms with Gasteiger partial charge in [-0.05, 0) is 31.9 Å². The summed E-state index contributed by atoms with van der Waals surface area (Å²) in [5, 5.41) is 0. The first kappa shape index (κ1) is 16.7. The van der Waals surface area contributed by atoms with Gasteiger partial charge in [0.05, 0.1) is 24.8 Å². The molecule has 0 N–H and O–H groups in total. The van der Waals surface area contributed by atoms with E-state index in [2.05, 4.69) is 50.7 Å². The Kier molecular flexibility index (Phi) is 4.31. The number of hydrogen-bond acceptors (Lipinski definition) is 5. The van der Waals surface area contributed by atoms with Crippen LogP contribution < -0.4 is 4.90 Å². The topological polar surface area (TPSA) is 41.5 Å². The first-order valence-corrected chi connectivity index (χ1v) is 9.77. The van der Waals surface area contributed by atoms with Gasteiger partial charge < -0.3 is 9.64 Å². The molecule has 27 heavy (non-hydrogen) atoms. The van der Waals surface area contributed by atoms with Crippen LogP contribution in [-0.4, -0.2) is 59.3 Å². The summed E-state index contributed by atoms with van der Waals surface area (Å²) in [5.41, 5.74) is 3.11. The van der Waals surface area contributed by atoms with Crippen LogP contribution in [0.5, 0.6) is 0 Å². The number of benzene rings is 1. The zero-order chi connectivity index (χ0) is 18.2. The third-order valence-electron chi connectivity index (χ3n) is 5.90. The van der Waals surface area contributed by atoms with Gasteiger partial charge in [-0.25, -0.2) is 9.97 Å². The zero-order valence-electron chi connectivity index (χ0n) is 15.6. The van der Waals surface area contributed by atoms with E-state index in [-0.39, 0.29) is 0 Å². The van der Waals surface area contributed by atoms with Crippen molar-refractivity contribution in [3.63, 3.8) is 0 Å². The molecule has 2 bridgehead atoms. The van der Waals surface area contributed by atoms with E-state index in [1.54, 1.807) is 0 Å². The minimum Gasteiger partial charge on any atom is -0.378 e. The van der Waals surface area contributed by atoms with E-state index in [0.717, 1.165) is 43.4 Å². The van der Waals surface area contributed by atoms with Crippen molar-refractivity contribution in [1.29, 1.82) is 0 Å². The number of hydrogen-bond donors (Lipinski definition) is 0. The van der Waals surface area contributed by atoms with Gasteiger partial charge in [-0.15, -0.1) is 0 Å². The average molecular weight is 360 g/mol. The highest BCUT2D eigenvalue weighted by Crippen LogP contribution is 2.34. The largest absolute Gasteiger partial charge is 0.378 e. The number of nitrogens with zero attached hydrogens (tertiary/aromatic N) is 4. The molecule has 3 fully saturated rings. The molecular formula is C22H24N4O. The van der Waals surface area contributed by atoms with Gasteiger partial charge in [0.2, 0.25) is 5.95 Å². The fourth-order valence-electron chi connectivity index (χ4n) is 4.42. The maximum absolute atomic E-state index is 5.41. The van der Waals surface area contributed by atoms with Gasteiger partial charge in [0.25, 0.3) is 0 Å². The van der Waals surface area contributed by atoms with Crippen molar-refractivity contribution in [2.75, 3.05) is 31.2 Å². The lowest BCUT2D eigenvalue weighted by atomic mass is 10.1. The molecule has 1 aromatic carbocycles. The van der Waals surface area contributed by atoms with Crippen molar-refractivity contribution < 1.29 is 4.74 Å². The van der Waals surface area contributed by atoms with E-state index >= 15 is 0 Å². The van der Waals surface area contributed by atoms with Crippen molar-refractivity contribution in [1.82, 2.24) is 14.9 Å². The molecule has 0 radical (unpaired) electrons. The van der Waals surface area contributed by atoms with E-state index in [1.807, 2.05) is 24.5 Å². The van der Waals surface area contributed by atoms with Crippen LogP contribution in [0.2, 0.25) is 0 Å². The van der Waals surface area contributed by atoms with Crippen LogP contribution in [0, 0.1) is 18.8 Å². The molecule has 1 aromatic heterocycles. The fourth-order valence-corrected chi connectivity index (χ4v) is 4.42. The average Bonchev–Trinajstić information content (AvgIpc) is 2.89. The summed E-state index contributed by atoms with van der Waals surface area (Å²) >= 11 is 0. The summed E-state index contributed by atoms with van der Waals surface area (Å²) in [5.74, 6) is 7.17. The number of aryl methyl sites for hydroxylation is 1. The maximum atomic E-state index is 5.41. The van der Waals surface area contributed by atoms with Crippen LogP contribution in [0.15, 0.2) is 36.7 Å². The van der Waals surface area contributed by atoms with Crippen LogP contribution in [0.1, 0.15) is 29.5 Å². The lowest BCUT2D eigenvalue weighted by molar-refractivity contribution is -0.0851. The molecule has 4 heterocycles. The molecule has 2 aromatic rings. The van der Waals surface area contributed by atoms with Gasteiger partial charge in [-0.2, -0.15) is 0 Å². The summed E-state index contributed by atoms with van der Waals surface area (Å²) in [7, 11) is 0. The Morgan fingerprint density at radius 2 is 1.52 bits per heavy atom. The van der Waals surface area contributed by atoms with Crippen molar-refractivity contribution in [3.05, 3.63) is 53.3 Å². The summed E-state index contributed by atoms with van der Waals surface area (Å²) in [6, 6.07) is 10.1. The highest BCUT2D eigenvalue weighted by atomic mass is 16.5. The first-order chi connectivity index (χ1) is 13.3. The quantitative estimate of drug-likeness (QED) is 0.769. The molecule has 138 valence electrons. The van der Waals surface area contributed by atoms with Gasteiger partial charge in [0, 0.05) is 43.1 Å². The van der Waals surface area contributed by atoms with Crippen LogP contribution >= 0.6 is 0 Å². The summed E-state index contributed by atoms with van der Waals surface area (Å²) in [4.78, 5) is 14.2. The fraction of sp³-hybridized carbons (Fsp3) is 0.455. The van der Waals surface area contributed by atoms with E-state index < -0.39 is 0 Å². The van der Waals surface area contributed by atoms with Gasteiger partial charge in [0.15, 0.2) is 0 Å². The molecule has 0 amide bonds. The Labute approximate surface area is 160 Å². The van der Waals surface area contributed by atoms with Gasteiger partial charge in [-0.3, -0.25) is 4.90 Å². The zero-order valence-corrected chi connectivity index (χ0v) is 15.6. The van der Waals surface area contributed by atoms with Gasteiger partial charge in [0.1, 0.15) is 0 Å². The maximum Gasteiger partial charge on any atom is 0.225 e. The molecular weight excluding hydrogens is 336 g/mol. The van der Waals surface area contributed by atoms with Crippen LogP contribution in [0.3, 0.4) is 0 Å². The Morgan fingerprint density at radius 1 is 0.889 bits per heavy atom. The minimum atomic E-state index is 0.613. The van der Waals surface area contributed by atoms with Crippen molar-refractivity contribution in [2.24, 2.45) is 0 Å². The lowest BCUT2D eigenvalue weighted by Gasteiger charge is -2.47. The molecule has 2 atom stereocenters.